The molecule has 176 valence electrons. The Morgan fingerprint density at radius 2 is 1.97 bits per heavy atom. The summed E-state index contributed by atoms with van der Waals surface area (Å²) in [5.74, 6) is 0.684. The number of nitrogens with one attached hydrogen (secondary N) is 1. The molecule has 32 heavy (non-hydrogen) atoms. The minimum atomic E-state index is -3.05. The average Bonchev–Trinajstić information content (AvgIpc) is 3.08. The average molecular weight is 480 g/mol. The number of fused-ring (bicyclic) bond motifs is 1. The molecule has 0 saturated carbocycles. The Morgan fingerprint density at radius 3 is 2.69 bits per heavy atom. The van der Waals surface area contributed by atoms with Gasteiger partial charge in [-0.1, -0.05) is 63.4 Å². The fourth-order valence-corrected chi connectivity index (χ4v) is 6.45. The van der Waals surface area contributed by atoms with E-state index < -0.39 is 9.84 Å². The van der Waals surface area contributed by atoms with Gasteiger partial charge in [0.2, 0.25) is 5.91 Å². The molecule has 0 aliphatic carbocycles. The second kappa shape index (κ2) is 11.3. The fourth-order valence-electron chi connectivity index (χ4n) is 3.94. The smallest absolute Gasteiger partial charge is 0.262 e. The van der Waals surface area contributed by atoms with Crippen molar-refractivity contribution in [1.82, 2.24) is 14.9 Å². The van der Waals surface area contributed by atoms with Gasteiger partial charge < -0.3 is 5.32 Å². The first-order valence-electron chi connectivity index (χ1n) is 11.4. The van der Waals surface area contributed by atoms with E-state index in [9.17, 15) is 18.0 Å². The minimum absolute atomic E-state index is 0.000845. The molecule has 3 rings (SSSR count). The monoisotopic (exact) mass is 479 g/mol. The Labute approximate surface area is 194 Å². The van der Waals surface area contributed by atoms with Gasteiger partial charge in [0.25, 0.3) is 5.56 Å². The van der Waals surface area contributed by atoms with Gasteiger partial charge in [0.15, 0.2) is 15.0 Å². The van der Waals surface area contributed by atoms with Crippen molar-refractivity contribution in [3.8, 4) is 0 Å². The molecule has 1 aromatic heterocycles. The van der Waals surface area contributed by atoms with Gasteiger partial charge in [-0.05, 0) is 30.9 Å². The number of aromatic nitrogens is 2. The van der Waals surface area contributed by atoms with Crippen LogP contribution in [0.4, 0.5) is 0 Å². The maximum absolute atomic E-state index is 13.1. The van der Waals surface area contributed by atoms with Crippen LogP contribution in [-0.4, -0.2) is 47.2 Å². The topological polar surface area (TPSA) is 98.1 Å². The summed E-state index contributed by atoms with van der Waals surface area (Å²) < 4.78 is 24.9. The third kappa shape index (κ3) is 7.07. The predicted molar refractivity (Wildman–Crippen MR) is 130 cm³/mol. The summed E-state index contributed by atoms with van der Waals surface area (Å²) in [6.45, 7) is 5.03. The third-order valence-corrected chi connectivity index (χ3v) is 8.41. The lowest BCUT2D eigenvalue weighted by atomic mass is 10.0. The number of carbonyl (C=O) groups is 1. The van der Waals surface area contributed by atoms with E-state index in [1.165, 1.54) is 24.6 Å². The van der Waals surface area contributed by atoms with Crippen molar-refractivity contribution in [3.05, 3.63) is 34.6 Å². The number of para-hydroxylation sites is 1. The van der Waals surface area contributed by atoms with Crippen LogP contribution in [0.25, 0.3) is 10.9 Å². The fraction of sp³-hybridized carbons (Fsp3) is 0.609. The molecule has 9 heteroatoms. The van der Waals surface area contributed by atoms with Crippen LogP contribution < -0.4 is 10.9 Å². The van der Waals surface area contributed by atoms with Crippen LogP contribution in [0.2, 0.25) is 0 Å². The van der Waals surface area contributed by atoms with Crippen LogP contribution in [0.1, 0.15) is 52.4 Å². The Bertz CT molecular complexity index is 1100. The van der Waals surface area contributed by atoms with E-state index in [1.54, 1.807) is 16.7 Å². The van der Waals surface area contributed by atoms with Gasteiger partial charge in [-0.3, -0.25) is 14.2 Å². The molecule has 1 unspecified atom stereocenters. The summed E-state index contributed by atoms with van der Waals surface area (Å²) in [6, 6.07) is 6.93. The quantitative estimate of drug-likeness (QED) is 0.301. The molecule has 1 aliphatic heterocycles. The number of unbranched alkanes of at least 4 members (excludes halogenated alkanes) is 3. The summed E-state index contributed by atoms with van der Waals surface area (Å²) in [6.07, 6.45) is 5.94. The number of thioether (sulfide) groups is 1. The summed E-state index contributed by atoms with van der Waals surface area (Å²) >= 11 is 1.23. The zero-order valence-corrected chi connectivity index (χ0v) is 20.5. The van der Waals surface area contributed by atoms with Gasteiger partial charge in [0.05, 0.1) is 28.2 Å². The van der Waals surface area contributed by atoms with Gasteiger partial charge in [-0.25, -0.2) is 13.4 Å². The van der Waals surface area contributed by atoms with Gasteiger partial charge in [0.1, 0.15) is 0 Å². The molecule has 0 spiro atoms. The van der Waals surface area contributed by atoms with Gasteiger partial charge in [-0.15, -0.1) is 0 Å². The molecule has 1 fully saturated rings. The molecule has 2 aromatic rings. The summed E-state index contributed by atoms with van der Waals surface area (Å²) in [7, 11) is -3.05. The number of sulfone groups is 1. The highest BCUT2D eigenvalue weighted by atomic mass is 32.2. The van der Waals surface area contributed by atoms with E-state index in [1.807, 2.05) is 12.1 Å². The van der Waals surface area contributed by atoms with Gasteiger partial charge >= 0.3 is 0 Å². The van der Waals surface area contributed by atoms with Crippen molar-refractivity contribution in [2.45, 2.75) is 70.1 Å². The highest BCUT2D eigenvalue weighted by molar-refractivity contribution is 7.99. The number of hydrogen-bond acceptors (Lipinski definition) is 6. The van der Waals surface area contributed by atoms with Crippen LogP contribution in [0.5, 0.6) is 0 Å². The molecule has 1 amide bonds. The van der Waals surface area contributed by atoms with Crippen molar-refractivity contribution in [1.29, 1.82) is 0 Å². The summed E-state index contributed by atoms with van der Waals surface area (Å²) in [5.41, 5.74) is 0.540. The first-order valence-corrected chi connectivity index (χ1v) is 14.2. The Balaban J connectivity index is 1.65. The lowest BCUT2D eigenvalue weighted by Crippen LogP contribution is -2.36. The zero-order valence-electron chi connectivity index (χ0n) is 18.9. The van der Waals surface area contributed by atoms with E-state index in [0.717, 1.165) is 19.3 Å². The maximum Gasteiger partial charge on any atom is 0.262 e. The van der Waals surface area contributed by atoms with E-state index in [-0.39, 0.29) is 34.8 Å². The van der Waals surface area contributed by atoms with Crippen LogP contribution in [-0.2, 0) is 21.2 Å². The normalized spacial score (nSPS) is 17.8. The van der Waals surface area contributed by atoms with E-state index >= 15 is 0 Å². The second-order valence-electron chi connectivity index (χ2n) is 8.92. The number of carbonyl (C=O) groups excluding carboxylic acids is 1. The third-order valence-electron chi connectivity index (χ3n) is 5.67. The van der Waals surface area contributed by atoms with Crippen LogP contribution in [0, 0.1) is 5.92 Å². The Hall–Kier alpha value is -1.87. The molecular formula is C23H33N3O4S2. The van der Waals surface area contributed by atoms with E-state index in [4.69, 9.17) is 0 Å². The molecule has 1 aromatic carbocycles. The largest absolute Gasteiger partial charge is 0.352 e. The second-order valence-corrected chi connectivity index (χ2v) is 12.1. The first kappa shape index (κ1) is 24.8. The molecule has 1 atom stereocenters. The molecule has 0 bridgehead atoms. The maximum atomic E-state index is 13.1. The molecular weight excluding hydrogens is 446 g/mol. The molecule has 1 aliphatic rings. The van der Waals surface area contributed by atoms with Crippen molar-refractivity contribution in [2.75, 3.05) is 17.3 Å². The Morgan fingerprint density at radius 1 is 1.22 bits per heavy atom. The van der Waals surface area contributed by atoms with Crippen molar-refractivity contribution >= 4 is 38.4 Å². The van der Waals surface area contributed by atoms with Crippen LogP contribution >= 0.6 is 11.8 Å². The highest BCUT2D eigenvalue weighted by Gasteiger charge is 2.28. The number of rotatable bonds is 11. The minimum Gasteiger partial charge on any atom is -0.352 e. The van der Waals surface area contributed by atoms with Crippen molar-refractivity contribution < 1.29 is 13.2 Å². The SMILES string of the molecule is CC(C)CCCCCCn1c(SCC(=O)NC2CCS(=O)(=O)C2)nc2ccccc2c1=O. The highest BCUT2D eigenvalue weighted by Crippen LogP contribution is 2.19. The lowest BCUT2D eigenvalue weighted by molar-refractivity contribution is -0.119. The molecule has 2 heterocycles. The Kier molecular flexibility index (Phi) is 8.76. The summed E-state index contributed by atoms with van der Waals surface area (Å²) in [5, 5.41) is 3.91. The number of benzene rings is 1. The standard InChI is InChI=1S/C23H33N3O4S2/c1-17(2)9-5-3-4-8-13-26-22(28)19-10-6-7-11-20(19)25-23(26)31-15-21(27)24-18-12-14-32(29,30)16-18/h6-7,10-11,17-18H,3-5,8-9,12-16H2,1-2H3,(H,24,27). The molecule has 1 saturated heterocycles. The van der Waals surface area contributed by atoms with Gasteiger partial charge in [-0.2, -0.15) is 0 Å². The molecule has 7 nitrogen and oxygen atoms in total. The van der Waals surface area contributed by atoms with Gasteiger partial charge in [0, 0.05) is 12.6 Å². The van der Waals surface area contributed by atoms with E-state index in [2.05, 4.69) is 24.1 Å². The number of amides is 1. The van der Waals surface area contributed by atoms with Crippen LogP contribution in [0.3, 0.4) is 0 Å². The van der Waals surface area contributed by atoms with E-state index in [0.29, 0.717) is 34.9 Å². The van der Waals surface area contributed by atoms with Crippen LogP contribution in [0.15, 0.2) is 34.2 Å². The zero-order chi connectivity index (χ0) is 23.1. The summed E-state index contributed by atoms with van der Waals surface area (Å²) in [4.78, 5) is 30.1. The number of hydrogen-bond donors (Lipinski definition) is 1. The molecule has 1 N–H and O–H groups in total. The predicted octanol–water partition coefficient (Wildman–Crippen LogP) is 3.40. The number of nitrogens with zero attached hydrogens (tertiary/aromatic N) is 2. The van der Waals surface area contributed by atoms with Crippen molar-refractivity contribution in [2.24, 2.45) is 5.92 Å². The lowest BCUT2D eigenvalue weighted by Gasteiger charge is -2.14. The molecule has 0 radical (unpaired) electrons. The first-order chi connectivity index (χ1) is 15.2. The van der Waals surface area contributed by atoms with Crippen molar-refractivity contribution in [3.63, 3.8) is 0 Å².